The van der Waals surface area contributed by atoms with Crippen LogP contribution in [-0.2, 0) is 4.74 Å². The number of hydrogen-bond donors (Lipinski definition) is 0. The van der Waals surface area contributed by atoms with Crippen molar-refractivity contribution in [3.05, 3.63) is 28.2 Å². The molecule has 0 saturated carbocycles. The SMILES string of the molecule is COC(=O)N1CCN(C(=O)c2cc(OC)ccc2Br)CC1. The summed E-state index contributed by atoms with van der Waals surface area (Å²) < 4.78 is 10.6. The minimum Gasteiger partial charge on any atom is -0.497 e. The van der Waals surface area contributed by atoms with Crippen LogP contribution in [0.3, 0.4) is 0 Å². The van der Waals surface area contributed by atoms with E-state index < -0.39 is 0 Å². The van der Waals surface area contributed by atoms with E-state index in [1.165, 1.54) is 7.11 Å². The molecular formula is C14H17BrN2O4. The summed E-state index contributed by atoms with van der Waals surface area (Å²) >= 11 is 3.39. The summed E-state index contributed by atoms with van der Waals surface area (Å²) in [6.07, 6.45) is -0.357. The normalized spacial score (nSPS) is 14.8. The van der Waals surface area contributed by atoms with Crippen molar-refractivity contribution in [2.45, 2.75) is 0 Å². The topological polar surface area (TPSA) is 59.1 Å². The number of hydrogen-bond acceptors (Lipinski definition) is 4. The first-order valence-corrected chi connectivity index (χ1v) is 7.32. The van der Waals surface area contributed by atoms with E-state index in [4.69, 9.17) is 4.74 Å². The van der Waals surface area contributed by atoms with Gasteiger partial charge >= 0.3 is 6.09 Å². The van der Waals surface area contributed by atoms with Gasteiger partial charge in [0.2, 0.25) is 0 Å². The van der Waals surface area contributed by atoms with Gasteiger partial charge in [0.25, 0.3) is 5.91 Å². The lowest BCUT2D eigenvalue weighted by Gasteiger charge is -2.34. The second-order valence-electron chi connectivity index (χ2n) is 4.60. The lowest BCUT2D eigenvalue weighted by Crippen LogP contribution is -2.50. The quantitative estimate of drug-likeness (QED) is 0.812. The van der Waals surface area contributed by atoms with Gasteiger partial charge in [0.15, 0.2) is 0 Å². The van der Waals surface area contributed by atoms with Gasteiger partial charge in [-0.25, -0.2) is 4.79 Å². The Kier molecular flexibility index (Phi) is 5.06. The van der Waals surface area contributed by atoms with Gasteiger partial charge < -0.3 is 19.3 Å². The molecule has 1 aromatic carbocycles. The van der Waals surface area contributed by atoms with Crippen molar-refractivity contribution in [1.82, 2.24) is 9.80 Å². The highest BCUT2D eigenvalue weighted by Gasteiger charge is 2.26. The predicted molar refractivity (Wildman–Crippen MR) is 80.6 cm³/mol. The van der Waals surface area contributed by atoms with E-state index in [1.807, 2.05) is 0 Å². The highest BCUT2D eigenvalue weighted by atomic mass is 79.9. The van der Waals surface area contributed by atoms with Gasteiger partial charge in [-0.3, -0.25) is 4.79 Å². The van der Waals surface area contributed by atoms with Crippen LogP contribution >= 0.6 is 15.9 Å². The Bertz CT molecular complexity index is 542. The smallest absolute Gasteiger partial charge is 0.409 e. The van der Waals surface area contributed by atoms with E-state index >= 15 is 0 Å². The van der Waals surface area contributed by atoms with Crippen molar-refractivity contribution in [3.63, 3.8) is 0 Å². The van der Waals surface area contributed by atoms with Crippen LogP contribution in [0.5, 0.6) is 5.75 Å². The maximum Gasteiger partial charge on any atom is 0.409 e. The van der Waals surface area contributed by atoms with E-state index in [-0.39, 0.29) is 12.0 Å². The monoisotopic (exact) mass is 356 g/mol. The number of ether oxygens (including phenoxy) is 2. The average molecular weight is 357 g/mol. The zero-order valence-electron chi connectivity index (χ0n) is 12.0. The van der Waals surface area contributed by atoms with Crippen molar-refractivity contribution in [2.24, 2.45) is 0 Å². The van der Waals surface area contributed by atoms with Gasteiger partial charge in [0.1, 0.15) is 5.75 Å². The number of rotatable bonds is 2. The Labute approximate surface area is 131 Å². The lowest BCUT2D eigenvalue weighted by molar-refractivity contribution is 0.0598. The molecule has 2 rings (SSSR count). The number of nitrogens with zero attached hydrogens (tertiary/aromatic N) is 2. The third kappa shape index (κ3) is 3.47. The molecule has 6 nitrogen and oxygen atoms in total. The van der Waals surface area contributed by atoms with Gasteiger partial charge in [0.05, 0.1) is 19.8 Å². The zero-order valence-corrected chi connectivity index (χ0v) is 13.6. The van der Waals surface area contributed by atoms with Crippen LogP contribution in [0, 0.1) is 0 Å². The fourth-order valence-corrected chi connectivity index (χ4v) is 2.60. The molecule has 7 heteroatoms. The molecule has 1 saturated heterocycles. The number of benzene rings is 1. The third-order valence-corrected chi connectivity index (χ3v) is 4.10. The molecule has 0 radical (unpaired) electrons. The molecule has 0 N–H and O–H groups in total. The van der Waals surface area contributed by atoms with Gasteiger partial charge in [-0.05, 0) is 34.1 Å². The molecular weight excluding hydrogens is 340 g/mol. The van der Waals surface area contributed by atoms with Crippen molar-refractivity contribution < 1.29 is 19.1 Å². The zero-order chi connectivity index (χ0) is 15.4. The summed E-state index contributed by atoms with van der Waals surface area (Å²) in [6, 6.07) is 5.28. The predicted octanol–water partition coefficient (Wildman–Crippen LogP) is 1.98. The van der Waals surface area contributed by atoms with E-state index in [0.717, 1.165) is 4.47 Å². The van der Waals surface area contributed by atoms with Crippen LogP contribution in [-0.4, -0.2) is 62.2 Å². The number of methoxy groups -OCH3 is 2. The van der Waals surface area contributed by atoms with Crippen LogP contribution in [0.1, 0.15) is 10.4 Å². The number of halogens is 1. The number of carbonyl (C=O) groups is 2. The van der Waals surface area contributed by atoms with Gasteiger partial charge in [-0.1, -0.05) is 0 Å². The van der Waals surface area contributed by atoms with Crippen molar-refractivity contribution >= 4 is 27.9 Å². The Morgan fingerprint density at radius 1 is 1.10 bits per heavy atom. The number of piperazine rings is 1. The van der Waals surface area contributed by atoms with Crippen molar-refractivity contribution in [1.29, 1.82) is 0 Å². The lowest BCUT2D eigenvalue weighted by atomic mass is 10.1. The fourth-order valence-electron chi connectivity index (χ4n) is 2.19. The molecule has 0 bridgehead atoms. The first-order chi connectivity index (χ1) is 10.1. The first-order valence-electron chi connectivity index (χ1n) is 6.52. The molecule has 0 aromatic heterocycles. The molecule has 1 fully saturated rings. The van der Waals surface area contributed by atoms with Crippen LogP contribution in [0.25, 0.3) is 0 Å². The minimum atomic E-state index is -0.357. The minimum absolute atomic E-state index is 0.0784. The maximum atomic E-state index is 12.5. The largest absolute Gasteiger partial charge is 0.497 e. The highest BCUT2D eigenvalue weighted by Crippen LogP contribution is 2.24. The molecule has 21 heavy (non-hydrogen) atoms. The van der Waals surface area contributed by atoms with E-state index in [1.54, 1.807) is 35.1 Å². The standard InChI is InChI=1S/C14H17BrN2O4/c1-20-10-3-4-12(15)11(9-10)13(18)16-5-7-17(8-6-16)14(19)21-2/h3-4,9H,5-8H2,1-2H3. The average Bonchev–Trinajstić information content (AvgIpc) is 2.54. The van der Waals surface area contributed by atoms with Crippen LogP contribution < -0.4 is 4.74 Å². The van der Waals surface area contributed by atoms with Gasteiger partial charge in [0, 0.05) is 30.7 Å². The summed E-state index contributed by atoms with van der Waals surface area (Å²) in [6.45, 7) is 1.91. The maximum absolute atomic E-state index is 12.5. The van der Waals surface area contributed by atoms with Gasteiger partial charge in [-0.2, -0.15) is 0 Å². The van der Waals surface area contributed by atoms with Crippen LogP contribution in [0.15, 0.2) is 22.7 Å². The molecule has 2 amide bonds. The Balaban J connectivity index is 2.07. The summed E-state index contributed by atoms with van der Waals surface area (Å²) in [5, 5.41) is 0. The molecule has 1 aromatic rings. The fraction of sp³-hybridized carbons (Fsp3) is 0.429. The molecule has 1 heterocycles. The van der Waals surface area contributed by atoms with E-state index in [2.05, 4.69) is 20.7 Å². The van der Waals surface area contributed by atoms with Gasteiger partial charge in [-0.15, -0.1) is 0 Å². The summed E-state index contributed by atoms with van der Waals surface area (Å²) in [5.41, 5.74) is 0.556. The van der Waals surface area contributed by atoms with Crippen LogP contribution in [0.4, 0.5) is 4.79 Å². The van der Waals surface area contributed by atoms with Crippen molar-refractivity contribution in [3.8, 4) is 5.75 Å². The molecule has 0 atom stereocenters. The van der Waals surface area contributed by atoms with E-state index in [9.17, 15) is 9.59 Å². The Morgan fingerprint density at radius 3 is 2.29 bits per heavy atom. The molecule has 0 aliphatic carbocycles. The van der Waals surface area contributed by atoms with Crippen LogP contribution in [0.2, 0.25) is 0 Å². The number of amides is 2. The molecule has 0 spiro atoms. The summed E-state index contributed by atoms with van der Waals surface area (Å²) in [5.74, 6) is 0.556. The van der Waals surface area contributed by atoms with Crippen molar-refractivity contribution in [2.75, 3.05) is 40.4 Å². The Hall–Kier alpha value is -1.76. The first kappa shape index (κ1) is 15.6. The second kappa shape index (κ2) is 6.80. The second-order valence-corrected chi connectivity index (χ2v) is 5.45. The summed E-state index contributed by atoms with van der Waals surface area (Å²) in [7, 11) is 2.92. The molecule has 1 aliphatic rings. The highest BCUT2D eigenvalue weighted by molar-refractivity contribution is 9.10. The third-order valence-electron chi connectivity index (χ3n) is 3.40. The Morgan fingerprint density at radius 2 is 1.71 bits per heavy atom. The molecule has 114 valence electrons. The molecule has 0 unspecified atom stereocenters. The number of carbonyl (C=O) groups excluding carboxylic acids is 2. The van der Waals surface area contributed by atoms with E-state index in [0.29, 0.717) is 37.5 Å². The molecule has 1 aliphatic heterocycles. The summed E-state index contributed by atoms with van der Waals surface area (Å²) in [4.78, 5) is 27.3.